The van der Waals surface area contributed by atoms with Gasteiger partial charge in [0.05, 0.1) is 6.04 Å². The molecule has 1 saturated carbocycles. The van der Waals surface area contributed by atoms with E-state index in [1.807, 2.05) is 6.92 Å². The van der Waals surface area contributed by atoms with Crippen molar-refractivity contribution >= 4 is 6.29 Å². The first kappa shape index (κ1) is 13.8. The molecule has 1 aromatic rings. The minimum Gasteiger partial charge on any atom is -0.311 e. The van der Waals surface area contributed by atoms with Crippen LogP contribution in [-0.4, -0.2) is 42.4 Å². The molecular formula is C17H24N2O. The molecule has 0 bridgehead atoms. The molecule has 1 aromatic carbocycles. The van der Waals surface area contributed by atoms with Gasteiger partial charge in [-0.1, -0.05) is 30.3 Å². The van der Waals surface area contributed by atoms with Gasteiger partial charge < -0.3 is 10.1 Å². The predicted molar refractivity (Wildman–Crippen MR) is 80.8 cm³/mol. The van der Waals surface area contributed by atoms with Crippen LogP contribution in [0.5, 0.6) is 0 Å². The molecule has 2 aliphatic rings. The topological polar surface area (TPSA) is 32.3 Å². The molecule has 1 N–H and O–H groups in total. The molecule has 3 heteroatoms. The van der Waals surface area contributed by atoms with Crippen LogP contribution in [0.25, 0.3) is 0 Å². The van der Waals surface area contributed by atoms with E-state index in [1.165, 1.54) is 12.0 Å². The summed E-state index contributed by atoms with van der Waals surface area (Å²) in [5.41, 5.74) is 1.47. The Kier molecular flexibility index (Phi) is 4.18. The molecule has 0 aromatic heterocycles. The van der Waals surface area contributed by atoms with Gasteiger partial charge in [-0.05, 0) is 31.7 Å². The molecule has 2 fully saturated rings. The third-order valence-electron chi connectivity index (χ3n) is 4.77. The van der Waals surface area contributed by atoms with Crippen molar-refractivity contribution in [3.05, 3.63) is 35.9 Å². The fourth-order valence-electron chi connectivity index (χ4n) is 3.31. The monoisotopic (exact) mass is 272 g/mol. The number of hydrogen-bond donors (Lipinski definition) is 1. The lowest BCUT2D eigenvalue weighted by Gasteiger charge is -2.34. The zero-order valence-electron chi connectivity index (χ0n) is 12.2. The Hall–Kier alpha value is -1.19. The van der Waals surface area contributed by atoms with Crippen molar-refractivity contribution in [2.75, 3.05) is 13.1 Å². The average Bonchev–Trinajstić information content (AvgIpc) is 3.27. The molecule has 0 amide bonds. The molecule has 3 unspecified atom stereocenters. The zero-order valence-corrected chi connectivity index (χ0v) is 12.2. The number of carbonyl (C=O) groups is 1. The van der Waals surface area contributed by atoms with Gasteiger partial charge in [-0.3, -0.25) is 4.90 Å². The van der Waals surface area contributed by atoms with Crippen molar-refractivity contribution in [3.63, 3.8) is 0 Å². The first-order chi connectivity index (χ1) is 9.78. The van der Waals surface area contributed by atoms with Gasteiger partial charge in [0.1, 0.15) is 6.29 Å². The van der Waals surface area contributed by atoms with E-state index in [9.17, 15) is 4.79 Å². The summed E-state index contributed by atoms with van der Waals surface area (Å²) in [7, 11) is 0. The number of likely N-dealkylation sites (tertiary alicyclic amines) is 1. The van der Waals surface area contributed by atoms with Gasteiger partial charge in [-0.15, -0.1) is 0 Å². The summed E-state index contributed by atoms with van der Waals surface area (Å²) in [5, 5.41) is 3.80. The summed E-state index contributed by atoms with van der Waals surface area (Å²) >= 11 is 0. The number of benzene rings is 1. The van der Waals surface area contributed by atoms with E-state index in [1.54, 1.807) is 0 Å². The third-order valence-corrected chi connectivity index (χ3v) is 4.77. The summed E-state index contributed by atoms with van der Waals surface area (Å²) in [6, 6.07) is 12.2. The minimum absolute atomic E-state index is 0.0777. The van der Waals surface area contributed by atoms with Crippen molar-refractivity contribution in [1.29, 1.82) is 0 Å². The normalized spacial score (nSPS) is 29.1. The highest BCUT2D eigenvalue weighted by molar-refractivity contribution is 5.56. The van der Waals surface area contributed by atoms with Gasteiger partial charge in [-0.25, -0.2) is 0 Å². The second-order valence-corrected chi connectivity index (χ2v) is 6.21. The second-order valence-electron chi connectivity index (χ2n) is 6.21. The molecular weight excluding hydrogens is 248 g/mol. The minimum atomic E-state index is 0.0777. The third kappa shape index (κ3) is 3.10. The quantitative estimate of drug-likeness (QED) is 0.834. The molecule has 0 spiro atoms. The molecule has 1 saturated heterocycles. The number of carbonyl (C=O) groups excluding carboxylic acids is 1. The molecule has 1 heterocycles. The Bertz CT molecular complexity index is 440. The zero-order chi connectivity index (χ0) is 13.9. The predicted octanol–water partition coefficient (Wildman–Crippen LogP) is 2.18. The van der Waals surface area contributed by atoms with Crippen LogP contribution in [0.1, 0.15) is 37.7 Å². The van der Waals surface area contributed by atoms with Crippen LogP contribution in [0.3, 0.4) is 0 Å². The Labute approximate surface area is 121 Å². The van der Waals surface area contributed by atoms with Crippen LogP contribution in [0.15, 0.2) is 30.3 Å². The Balaban J connectivity index is 1.44. The maximum Gasteiger partial charge on any atom is 0.136 e. The molecule has 3 atom stereocenters. The molecule has 1 aliphatic heterocycles. The lowest BCUT2D eigenvalue weighted by atomic mass is 10.0. The summed E-state index contributed by atoms with van der Waals surface area (Å²) in [4.78, 5) is 13.1. The SMILES string of the molecule is CC(C=O)N1CCC(NC2CC2c2ccccc2)CC1. The van der Waals surface area contributed by atoms with Crippen LogP contribution >= 0.6 is 0 Å². The molecule has 3 nitrogen and oxygen atoms in total. The van der Waals surface area contributed by atoms with Crippen molar-refractivity contribution < 1.29 is 4.79 Å². The van der Waals surface area contributed by atoms with E-state index in [0.29, 0.717) is 18.0 Å². The van der Waals surface area contributed by atoms with Gasteiger partial charge in [0.25, 0.3) is 0 Å². The summed E-state index contributed by atoms with van der Waals surface area (Å²) in [6.07, 6.45) is 4.65. The van der Waals surface area contributed by atoms with Gasteiger partial charge in [0.15, 0.2) is 0 Å². The average molecular weight is 272 g/mol. The summed E-state index contributed by atoms with van der Waals surface area (Å²) in [6.45, 7) is 4.08. The lowest BCUT2D eigenvalue weighted by molar-refractivity contribution is -0.112. The highest BCUT2D eigenvalue weighted by Gasteiger charge is 2.39. The first-order valence-corrected chi connectivity index (χ1v) is 7.78. The lowest BCUT2D eigenvalue weighted by Crippen LogP contribution is -2.46. The van der Waals surface area contributed by atoms with E-state index in [0.717, 1.165) is 32.2 Å². The maximum absolute atomic E-state index is 10.8. The number of aldehydes is 1. The van der Waals surface area contributed by atoms with Crippen molar-refractivity contribution in [1.82, 2.24) is 10.2 Å². The number of nitrogens with zero attached hydrogens (tertiary/aromatic N) is 1. The number of piperidine rings is 1. The van der Waals surface area contributed by atoms with Crippen LogP contribution in [0.2, 0.25) is 0 Å². The van der Waals surface area contributed by atoms with Crippen LogP contribution in [0, 0.1) is 0 Å². The number of hydrogen-bond acceptors (Lipinski definition) is 3. The standard InChI is InChI=1S/C17H24N2O/c1-13(12-20)19-9-7-15(8-10-19)18-17-11-16(17)14-5-3-2-4-6-14/h2-6,12-13,15-18H,7-11H2,1H3. The number of rotatable bonds is 5. The van der Waals surface area contributed by atoms with E-state index < -0.39 is 0 Å². The maximum atomic E-state index is 10.8. The Morgan fingerprint density at radius 1 is 1.25 bits per heavy atom. The van der Waals surface area contributed by atoms with Crippen molar-refractivity contribution in [3.8, 4) is 0 Å². The first-order valence-electron chi connectivity index (χ1n) is 7.78. The smallest absolute Gasteiger partial charge is 0.136 e. The van der Waals surface area contributed by atoms with Crippen LogP contribution in [0.4, 0.5) is 0 Å². The van der Waals surface area contributed by atoms with E-state index in [-0.39, 0.29) is 6.04 Å². The molecule has 0 radical (unpaired) electrons. The Morgan fingerprint density at radius 2 is 1.95 bits per heavy atom. The highest BCUT2D eigenvalue weighted by Crippen LogP contribution is 2.41. The fraction of sp³-hybridized carbons (Fsp3) is 0.588. The van der Waals surface area contributed by atoms with Gasteiger partial charge in [0.2, 0.25) is 0 Å². The van der Waals surface area contributed by atoms with Crippen LogP contribution in [-0.2, 0) is 4.79 Å². The summed E-state index contributed by atoms with van der Waals surface area (Å²) in [5.74, 6) is 0.711. The Morgan fingerprint density at radius 3 is 2.60 bits per heavy atom. The van der Waals surface area contributed by atoms with Gasteiger partial charge >= 0.3 is 0 Å². The van der Waals surface area contributed by atoms with E-state index >= 15 is 0 Å². The van der Waals surface area contributed by atoms with E-state index in [4.69, 9.17) is 0 Å². The van der Waals surface area contributed by atoms with E-state index in [2.05, 4.69) is 40.5 Å². The number of nitrogens with one attached hydrogen (secondary N) is 1. The molecule has 20 heavy (non-hydrogen) atoms. The van der Waals surface area contributed by atoms with Crippen molar-refractivity contribution in [2.45, 2.75) is 50.2 Å². The molecule has 3 rings (SSSR count). The molecule has 108 valence electrons. The van der Waals surface area contributed by atoms with Gasteiger partial charge in [0, 0.05) is 31.1 Å². The largest absolute Gasteiger partial charge is 0.311 e. The fourth-order valence-corrected chi connectivity index (χ4v) is 3.31. The summed E-state index contributed by atoms with van der Waals surface area (Å²) < 4.78 is 0. The molecule has 1 aliphatic carbocycles. The highest BCUT2D eigenvalue weighted by atomic mass is 16.1. The van der Waals surface area contributed by atoms with Crippen molar-refractivity contribution in [2.24, 2.45) is 0 Å². The van der Waals surface area contributed by atoms with Crippen LogP contribution < -0.4 is 5.32 Å². The second kappa shape index (κ2) is 6.06. The van der Waals surface area contributed by atoms with Gasteiger partial charge in [-0.2, -0.15) is 0 Å².